The first kappa shape index (κ1) is 16.1. The highest BCUT2D eigenvalue weighted by Gasteiger charge is 2.48. The van der Waals surface area contributed by atoms with Crippen molar-refractivity contribution in [2.24, 2.45) is 5.73 Å². The zero-order valence-corrected chi connectivity index (χ0v) is 12.2. The van der Waals surface area contributed by atoms with Crippen LogP contribution in [0.25, 0.3) is 0 Å². The predicted octanol–water partition coefficient (Wildman–Crippen LogP) is 1.78. The molecule has 1 unspecified atom stereocenters. The smallest absolute Gasteiger partial charge is 0.242 e. The summed E-state index contributed by atoms with van der Waals surface area (Å²) in [6.07, 6.45) is 0.975. The van der Waals surface area contributed by atoms with E-state index in [0.717, 1.165) is 12.1 Å². The fourth-order valence-corrected chi connectivity index (χ4v) is 2.41. The molecule has 1 saturated carbocycles. The lowest BCUT2D eigenvalue weighted by atomic mass is 10.1. The topological polar surface area (TPSA) is 55.6 Å². The molecule has 116 valence electrons. The molecule has 2 N–H and O–H groups in total. The zero-order valence-electron chi connectivity index (χ0n) is 11.4. The number of carbonyl (C=O) groups is 1. The molecular weight excluding hydrogens is 302 g/mol. The van der Waals surface area contributed by atoms with E-state index < -0.39 is 23.3 Å². The summed E-state index contributed by atoms with van der Waals surface area (Å²) in [6.45, 7) is 1.17. The van der Waals surface area contributed by atoms with Gasteiger partial charge in [-0.1, -0.05) is 6.07 Å². The third-order valence-corrected chi connectivity index (χ3v) is 3.88. The van der Waals surface area contributed by atoms with Crippen LogP contribution in [0, 0.1) is 11.6 Å². The van der Waals surface area contributed by atoms with Crippen molar-refractivity contribution in [3.05, 3.63) is 35.4 Å². The summed E-state index contributed by atoms with van der Waals surface area (Å²) in [6, 6.07) is 3.66. The number of hydrogen-bond donors (Lipinski definition) is 1. The largest absolute Gasteiger partial charge is 0.370 e. The van der Waals surface area contributed by atoms with E-state index in [1.54, 1.807) is 4.90 Å². The molecule has 1 aromatic rings. The molecule has 1 heterocycles. The Kier molecular flexibility index (Phi) is 4.51. The average molecular weight is 319 g/mol. The van der Waals surface area contributed by atoms with E-state index in [1.807, 2.05) is 0 Å². The van der Waals surface area contributed by atoms with Crippen LogP contribution in [0.15, 0.2) is 18.2 Å². The number of halogens is 3. The van der Waals surface area contributed by atoms with Crippen LogP contribution in [0.5, 0.6) is 0 Å². The van der Waals surface area contributed by atoms with Gasteiger partial charge in [0.15, 0.2) is 11.6 Å². The highest BCUT2D eigenvalue weighted by atomic mass is 35.5. The highest BCUT2D eigenvalue weighted by Crippen LogP contribution is 2.35. The van der Waals surface area contributed by atoms with Gasteiger partial charge in [-0.25, -0.2) is 8.78 Å². The maximum Gasteiger partial charge on any atom is 0.242 e. The van der Waals surface area contributed by atoms with Crippen molar-refractivity contribution in [2.75, 3.05) is 19.7 Å². The van der Waals surface area contributed by atoms with Crippen molar-refractivity contribution in [2.45, 2.75) is 24.5 Å². The summed E-state index contributed by atoms with van der Waals surface area (Å²) in [4.78, 5) is 13.8. The number of morpholine rings is 1. The molecule has 0 radical (unpaired) electrons. The molecule has 0 bridgehead atoms. The Balaban J connectivity index is 0.00000161. The van der Waals surface area contributed by atoms with Crippen LogP contribution in [0.2, 0.25) is 0 Å². The number of rotatable bonds is 2. The van der Waals surface area contributed by atoms with Gasteiger partial charge in [0.05, 0.1) is 18.7 Å². The summed E-state index contributed by atoms with van der Waals surface area (Å²) in [7, 11) is 0. The number of amides is 1. The fourth-order valence-electron chi connectivity index (χ4n) is 2.41. The minimum absolute atomic E-state index is 0. The van der Waals surface area contributed by atoms with Gasteiger partial charge in [0.1, 0.15) is 6.10 Å². The monoisotopic (exact) mass is 318 g/mol. The van der Waals surface area contributed by atoms with Crippen molar-refractivity contribution in [3.63, 3.8) is 0 Å². The Hall–Kier alpha value is -1.24. The van der Waals surface area contributed by atoms with E-state index in [2.05, 4.69) is 0 Å². The number of carbonyl (C=O) groups excluding carboxylic acids is 1. The van der Waals surface area contributed by atoms with Gasteiger partial charge in [-0.3, -0.25) is 4.79 Å². The van der Waals surface area contributed by atoms with Crippen LogP contribution in [0.3, 0.4) is 0 Å². The van der Waals surface area contributed by atoms with Crippen molar-refractivity contribution >= 4 is 18.3 Å². The quantitative estimate of drug-likeness (QED) is 0.904. The summed E-state index contributed by atoms with van der Waals surface area (Å²) >= 11 is 0. The molecule has 2 aliphatic rings. The van der Waals surface area contributed by atoms with E-state index in [0.29, 0.717) is 38.1 Å². The number of nitrogens with zero attached hydrogens (tertiary/aromatic N) is 1. The van der Waals surface area contributed by atoms with E-state index in [9.17, 15) is 13.6 Å². The molecule has 3 rings (SSSR count). The van der Waals surface area contributed by atoms with Gasteiger partial charge < -0.3 is 15.4 Å². The van der Waals surface area contributed by atoms with Gasteiger partial charge >= 0.3 is 0 Å². The van der Waals surface area contributed by atoms with Crippen LogP contribution < -0.4 is 5.73 Å². The summed E-state index contributed by atoms with van der Waals surface area (Å²) in [5.74, 6) is -1.88. The van der Waals surface area contributed by atoms with Crippen LogP contribution >= 0.6 is 12.4 Å². The molecule has 1 amide bonds. The van der Waals surface area contributed by atoms with E-state index >= 15 is 0 Å². The van der Waals surface area contributed by atoms with Gasteiger partial charge in [0.2, 0.25) is 5.91 Å². The Bertz CT molecular complexity index is 552. The molecule has 4 nitrogen and oxygen atoms in total. The first-order chi connectivity index (χ1) is 9.49. The Morgan fingerprint density at radius 2 is 2.05 bits per heavy atom. The van der Waals surface area contributed by atoms with E-state index in [4.69, 9.17) is 10.5 Å². The maximum absolute atomic E-state index is 13.3. The Morgan fingerprint density at radius 3 is 2.67 bits per heavy atom. The number of nitrogens with two attached hydrogens (primary N) is 1. The highest BCUT2D eigenvalue weighted by molar-refractivity contribution is 5.89. The standard InChI is InChI=1S/C14H16F2N2O2.ClH/c15-10-2-1-9(7-11(10)16)12-8-18(5-6-20-12)13(19)14(17)3-4-14;/h1-2,7,12H,3-6,8,17H2;1H. The minimum atomic E-state index is -0.910. The van der Waals surface area contributed by atoms with Crippen LogP contribution in [0.1, 0.15) is 24.5 Å². The lowest BCUT2D eigenvalue weighted by molar-refractivity contribution is -0.141. The van der Waals surface area contributed by atoms with Crippen LogP contribution in [-0.2, 0) is 9.53 Å². The normalized spacial score (nSPS) is 23.4. The number of hydrogen-bond acceptors (Lipinski definition) is 3. The molecule has 0 aromatic heterocycles. The lowest BCUT2D eigenvalue weighted by Gasteiger charge is -2.34. The molecule has 1 atom stereocenters. The van der Waals surface area contributed by atoms with Crippen molar-refractivity contribution < 1.29 is 18.3 Å². The second-order valence-corrected chi connectivity index (χ2v) is 5.44. The Morgan fingerprint density at radius 1 is 1.33 bits per heavy atom. The van der Waals surface area contributed by atoms with E-state index in [1.165, 1.54) is 6.07 Å². The summed E-state index contributed by atoms with van der Waals surface area (Å²) in [5.41, 5.74) is 5.73. The van der Waals surface area contributed by atoms with Crippen LogP contribution in [-0.4, -0.2) is 36.0 Å². The second kappa shape index (κ2) is 5.87. The molecule has 2 fully saturated rings. The maximum atomic E-state index is 13.3. The molecule has 1 aromatic carbocycles. The summed E-state index contributed by atoms with van der Waals surface area (Å²) in [5, 5.41) is 0. The van der Waals surface area contributed by atoms with Gasteiger partial charge in [0.25, 0.3) is 0 Å². The molecule has 0 spiro atoms. The molecule has 7 heteroatoms. The van der Waals surface area contributed by atoms with Crippen molar-refractivity contribution in [1.29, 1.82) is 0 Å². The predicted molar refractivity (Wildman–Crippen MR) is 75.0 cm³/mol. The number of ether oxygens (including phenoxy) is 1. The molecule has 21 heavy (non-hydrogen) atoms. The van der Waals surface area contributed by atoms with Crippen LogP contribution in [0.4, 0.5) is 8.78 Å². The van der Waals surface area contributed by atoms with Crippen molar-refractivity contribution in [1.82, 2.24) is 4.90 Å². The Labute approximate surface area is 127 Å². The van der Waals surface area contributed by atoms with Gasteiger partial charge in [-0.2, -0.15) is 0 Å². The summed E-state index contributed by atoms with van der Waals surface area (Å²) < 4.78 is 31.7. The zero-order chi connectivity index (χ0) is 14.3. The molecule has 1 aliphatic carbocycles. The lowest BCUT2D eigenvalue weighted by Crippen LogP contribution is -2.50. The van der Waals surface area contributed by atoms with Gasteiger partial charge in [0, 0.05) is 6.54 Å². The first-order valence-corrected chi connectivity index (χ1v) is 6.64. The first-order valence-electron chi connectivity index (χ1n) is 6.64. The van der Waals surface area contributed by atoms with Crippen molar-refractivity contribution in [3.8, 4) is 0 Å². The SMILES string of the molecule is Cl.NC1(C(=O)N2CCOC(c3ccc(F)c(F)c3)C2)CC1. The number of benzene rings is 1. The molecular formula is C14H17ClF2N2O2. The third-order valence-electron chi connectivity index (χ3n) is 3.88. The van der Waals surface area contributed by atoms with Gasteiger partial charge in [-0.05, 0) is 30.5 Å². The van der Waals surface area contributed by atoms with E-state index in [-0.39, 0.29) is 18.3 Å². The van der Waals surface area contributed by atoms with Gasteiger partial charge in [-0.15, -0.1) is 12.4 Å². The minimum Gasteiger partial charge on any atom is -0.370 e. The molecule has 1 aliphatic heterocycles. The second-order valence-electron chi connectivity index (χ2n) is 5.44. The average Bonchev–Trinajstić information content (AvgIpc) is 3.20. The molecule has 1 saturated heterocycles. The third kappa shape index (κ3) is 3.17. The fraction of sp³-hybridized carbons (Fsp3) is 0.500.